The van der Waals surface area contributed by atoms with Crippen LogP contribution in [0.4, 0.5) is 11.6 Å². The Hall–Kier alpha value is -3.33. The molecule has 0 saturated heterocycles. The van der Waals surface area contributed by atoms with Crippen LogP contribution in [0.15, 0.2) is 53.3 Å². The lowest BCUT2D eigenvalue weighted by Crippen LogP contribution is -2.31. The number of amides is 1. The van der Waals surface area contributed by atoms with Crippen LogP contribution >= 0.6 is 11.3 Å². The summed E-state index contributed by atoms with van der Waals surface area (Å²) in [4.78, 5) is 18.5. The average molecular weight is 397 g/mol. The number of methoxy groups -OCH3 is 2. The molecular formula is C19H19N5O3S. The average Bonchev–Trinajstić information content (AvgIpc) is 3.38. The standard InChI is InChI=1S/C19H19N5O3S/c1-11-16(18(25)23-13-7-6-12(26-2)9-14(13)27-3)17(15-5-4-8-28-15)24-19(22-11)20-10-21-24/h4-10,17H,1-3H3,(H,23,25)(H,20,21,22)/t17-/m0/s1. The number of rotatable bonds is 5. The Bertz CT molecular complexity index is 1040. The Labute approximate surface area is 165 Å². The Morgan fingerprint density at radius 2 is 2.14 bits per heavy atom. The number of hydrogen-bond acceptors (Lipinski definition) is 7. The molecule has 0 bridgehead atoms. The molecule has 1 aliphatic heterocycles. The van der Waals surface area contributed by atoms with E-state index >= 15 is 0 Å². The molecule has 0 fully saturated rings. The summed E-state index contributed by atoms with van der Waals surface area (Å²) >= 11 is 1.57. The van der Waals surface area contributed by atoms with Crippen LogP contribution in [0, 0.1) is 0 Å². The van der Waals surface area contributed by atoms with Crippen molar-refractivity contribution in [3.8, 4) is 11.5 Å². The number of thiophene rings is 1. The van der Waals surface area contributed by atoms with Gasteiger partial charge in [-0.2, -0.15) is 10.1 Å². The first kappa shape index (κ1) is 18.1. The second-order valence-corrected chi connectivity index (χ2v) is 7.11. The smallest absolute Gasteiger partial charge is 0.256 e. The lowest BCUT2D eigenvalue weighted by molar-refractivity contribution is -0.113. The van der Waals surface area contributed by atoms with Gasteiger partial charge in [-0.15, -0.1) is 11.3 Å². The number of aromatic nitrogens is 3. The molecule has 2 N–H and O–H groups in total. The molecule has 0 unspecified atom stereocenters. The Morgan fingerprint density at radius 1 is 1.29 bits per heavy atom. The zero-order valence-electron chi connectivity index (χ0n) is 15.6. The van der Waals surface area contributed by atoms with Crippen molar-refractivity contribution in [1.29, 1.82) is 0 Å². The van der Waals surface area contributed by atoms with Gasteiger partial charge in [-0.25, -0.2) is 4.68 Å². The van der Waals surface area contributed by atoms with Gasteiger partial charge < -0.3 is 20.1 Å². The molecule has 0 radical (unpaired) electrons. The van der Waals surface area contributed by atoms with E-state index in [4.69, 9.17) is 9.47 Å². The Balaban J connectivity index is 1.71. The van der Waals surface area contributed by atoms with E-state index < -0.39 is 0 Å². The Morgan fingerprint density at radius 3 is 2.86 bits per heavy atom. The molecule has 1 atom stereocenters. The summed E-state index contributed by atoms with van der Waals surface area (Å²) in [6.45, 7) is 1.86. The van der Waals surface area contributed by atoms with E-state index in [-0.39, 0.29) is 11.9 Å². The van der Waals surface area contributed by atoms with Crippen LogP contribution < -0.4 is 20.1 Å². The predicted octanol–water partition coefficient (Wildman–Crippen LogP) is 3.28. The number of fused-ring (bicyclic) bond motifs is 1. The van der Waals surface area contributed by atoms with E-state index in [0.29, 0.717) is 28.7 Å². The van der Waals surface area contributed by atoms with Crippen molar-refractivity contribution in [2.75, 3.05) is 24.9 Å². The molecule has 3 heterocycles. The maximum absolute atomic E-state index is 13.3. The van der Waals surface area contributed by atoms with Gasteiger partial charge in [0.25, 0.3) is 5.91 Å². The highest BCUT2D eigenvalue weighted by molar-refractivity contribution is 7.10. The van der Waals surface area contributed by atoms with Crippen LogP contribution in [0.25, 0.3) is 0 Å². The number of benzene rings is 1. The maximum atomic E-state index is 13.3. The molecule has 0 aliphatic carbocycles. The zero-order chi connectivity index (χ0) is 19.7. The molecule has 1 aliphatic rings. The third-order valence-electron chi connectivity index (χ3n) is 4.51. The number of allylic oxidation sites excluding steroid dienone is 1. The molecule has 2 aromatic heterocycles. The Kier molecular flexibility index (Phi) is 4.74. The predicted molar refractivity (Wildman–Crippen MR) is 107 cm³/mol. The monoisotopic (exact) mass is 397 g/mol. The molecule has 9 heteroatoms. The van der Waals surface area contributed by atoms with Gasteiger partial charge in [0, 0.05) is 16.6 Å². The summed E-state index contributed by atoms with van der Waals surface area (Å²) in [5.74, 6) is 1.53. The molecule has 0 saturated carbocycles. The SMILES string of the molecule is COc1ccc(NC(=O)C2=C(C)Nc3ncnn3[C@H]2c2cccs2)c(OC)c1. The second-order valence-electron chi connectivity index (χ2n) is 6.13. The molecule has 8 nitrogen and oxygen atoms in total. The molecule has 28 heavy (non-hydrogen) atoms. The lowest BCUT2D eigenvalue weighted by atomic mass is 10.0. The highest BCUT2D eigenvalue weighted by Gasteiger charge is 2.34. The number of anilines is 2. The number of carbonyl (C=O) groups is 1. The van der Waals surface area contributed by atoms with E-state index in [9.17, 15) is 4.79 Å². The fourth-order valence-corrected chi connectivity index (χ4v) is 4.00. The van der Waals surface area contributed by atoms with Crippen LogP contribution in [-0.2, 0) is 4.79 Å². The minimum atomic E-state index is -0.358. The molecule has 0 spiro atoms. The summed E-state index contributed by atoms with van der Waals surface area (Å²) in [7, 11) is 3.13. The van der Waals surface area contributed by atoms with E-state index in [0.717, 1.165) is 10.6 Å². The molecule has 3 aromatic rings. The van der Waals surface area contributed by atoms with Crippen LogP contribution in [0.1, 0.15) is 17.8 Å². The number of carbonyl (C=O) groups excluding carboxylic acids is 1. The largest absolute Gasteiger partial charge is 0.497 e. The minimum absolute atomic E-state index is 0.243. The van der Waals surface area contributed by atoms with E-state index in [1.54, 1.807) is 48.4 Å². The summed E-state index contributed by atoms with van der Waals surface area (Å²) in [6.07, 6.45) is 1.48. The summed E-state index contributed by atoms with van der Waals surface area (Å²) < 4.78 is 12.3. The topological polar surface area (TPSA) is 90.3 Å². The van der Waals surface area contributed by atoms with Gasteiger partial charge in [0.05, 0.1) is 25.5 Å². The second kappa shape index (κ2) is 7.35. The number of hydrogen-bond donors (Lipinski definition) is 2. The molecule has 1 amide bonds. The fraction of sp³-hybridized carbons (Fsp3) is 0.211. The third kappa shape index (κ3) is 3.09. The summed E-state index contributed by atoms with van der Waals surface area (Å²) in [6, 6.07) is 8.83. The first-order valence-corrected chi connectivity index (χ1v) is 9.44. The lowest BCUT2D eigenvalue weighted by Gasteiger charge is -2.28. The molecular weight excluding hydrogens is 378 g/mol. The van der Waals surface area contributed by atoms with Crippen molar-refractivity contribution in [1.82, 2.24) is 14.8 Å². The quantitative estimate of drug-likeness (QED) is 0.687. The van der Waals surface area contributed by atoms with E-state index in [2.05, 4.69) is 20.7 Å². The van der Waals surface area contributed by atoms with Gasteiger partial charge in [-0.3, -0.25) is 4.79 Å². The number of ether oxygens (including phenoxy) is 2. The highest BCUT2D eigenvalue weighted by Crippen LogP contribution is 2.38. The molecule has 1 aromatic carbocycles. The van der Waals surface area contributed by atoms with Crippen LogP contribution in [0.5, 0.6) is 11.5 Å². The fourth-order valence-electron chi connectivity index (χ4n) is 3.19. The van der Waals surface area contributed by atoms with Crippen LogP contribution in [0.3, 0.4) is 0 Å². The van der Waals surface area contributed by atoms with Crippen molar-refractivity contribution in [2.24, 2.45) is 0 Å². The highest BCUT2D eigenvalue weighted by atomic mass is 32.1. The van der Waals surface area contributed by atoms with E-state index in [1.807, 2.05) is 24.4 Å². The van der Waals surface area contributed by atoms with Gasteiger partial charge in [0.15, 0.2) is 0 Å². The first-order valence-electron chi connectivity index (χ1n) is 8.56. The van der Waals surface area contributed by atoms with Gasteiger partial charge in [0.1, 0.15) is 23.9 Å². The summed E-state index contributed by atoms with van der Waals surface area (Å²) in [5.41, 5.74) is 1.85. The van der Waals surface area contributed by atoms with Crippen molar-refractivity contribution < 1.29 is 14.3 Å². The normalized spacial score (nSPS) is 15.6. The van der Waals surface area contributed by atoms with Crippen molar-refractivity contribution in [3.63, 3.8) is 0 Å². The van der Waals surface area contributed by atoms with Gasteiger partial charge in [-0.1, -0.05) is 6.07 Å². The van der Waals surface area contributed by atoms with Crippen LogP contribution in [0.2, 0.25) is 0 Å². The number of nitrogens with one attached hydrogen (secondary N) is 2. The molecule has 4 rings (SSSR count). The summed E-state index contributed by atoms with van der Waals surface area (Å²) in [5, 5.41) is 12.4. The van der Waals surface area contributed by atoms with Gasteiger partial charge in [0.2, 0.25) is 5.95 Å². The van der Waals surface area contributed by atoms with Crippen molar-refractivity contribution in [3.05, 3.63) is 58.2 Å². The molecule has 144 valence electrons. The zero-order valence-corrected chi connectivity index (χ0v) is 16.4. The van der Waals surface area contributed by atoms with Crippen LogP contribution in [-0.4, -0.2) is 34.9 Å². The van der Waals surface area contributed by atoms with Gasteiger partial charge >= 0.3 is 0 Å². The third-order valence-corrected chi connectivity index (χ3v) is 5.43. The first-order chi connectivity index (χ1) is 13.6. The van der Waals surface area contributed by atoms with E-state index in [1.165, 1.54) is 6.33 Å². The maximum Gasteiger partial charge on any atom is 0.256 e. The van der Waals surface area contributed by atoms with Crippen molar-refractivity contribution >= 4 is 28.9 Å². The van der Waals surface area contributed by atoms with Gasteiger partial charge in [-0.05, 0) is 30.5 Å². The minimum Gasteiger partial charge on any atom is -0.497 e. The number of nitrogens with zero attached hydrogens (tertiary/aromatic N) is 3. The van der Waals surface area contributed by atoms with Crippen molar-refractivity contribution in [2.45, 2.75) is 13.0 Å².